The molecule has 0 heterocycles. The van der Waals surface area contributed by atoms with Crippen LogP contribution in [0.25, 0.3) is 0 Å². The van der Waals surface area contributed by atoms with E-state index in [0.29, 0.717) is 0 Å². The lowest BCUT2D eigenvalue weighted by Crippen LogP contribution is -2.37. The number of nitrogens with two attached hydrogens (primary N) is 3. The van der Waals surface area contributed by atoms with E-state index in [4.69, 9.17) is 52.3 Å². The maximum Gasteiger partial charge on any atom is 0.188 e. The fraction of sp³-hybridized carbons (Fsp3) is 0.826. The SMILES string of the molecule is CC(=O)[O-].CC(=O)[O-].CC(=O)[O-].N=C(N)N(CCCCCCCCN)CCCCCCCCN. The van der Waals surface area contributed by atoms with Gasteiger partial charge in [-0.2, -0.15) is 0 Å². The van der Waals surface area contributed by atoms with E-state index in [-0.39, 0.29) is 5.96 Å². The van der Waals surface area contributed by atoms with E-state index in [0.717, 1.165) is 72.6 Å². The zero-order valence-electron chi connectivity index (χ0n) is 21.4. The lowest BCUT2D eigenvalue weighted by atomic mass is 10.1. The summed E-state index contributed by atoms with van der Waals surface area (Å²) in [5, 5.41) is 34.3. The van der Waals surface area contributed by atoms with Gasteiger partial charge in [-0.05, 0) is 59.5 Å². The van der Waals surface area contributed by atoms with E-state index in [2.05, 4.69) is 0 Å². The summed E-state index contributed by atoms with van der Waals surface area (Å²) >= 11 is 0. The summed E-state index contributed by atoms with van der Waals surface area (Å²) in [7, 11) is 0. The van der Waals surface area contributed by atoms with Crippen LogP contribution in [0.15, 0.2) is 0 Å². The van der Waals surface area contributed by atoms with Crippen LogP contribution in [0.3, 0.4) is 0 Å². The third kappa shape index (κ3) is 63.0. The molecule has 34 heavy (non-hydrogen) atoms. The Labute approximate surface area is 205 Å². The van der Waals surface area contributed by atoms with Crippen molar-refractivity contribution in [3.05, 3.63) is 0 Å². The minimum Gasteiger partial charge on any atom is -0.550 e. The Bertz CT molecular complexity index is 434. The molecule has 0 atom stereocenters. The van der Waals surface area contributed by atoms with Crippen LogP contribution in [-0.2, 0) is 14.4 Å². The Morgan fingerprint density at radius 1 is 0.588 bits per heavy atom. The molecule has 0 saturated carbocycles. The van der Waals surface area contributed by atoms with Crippen molar-refractivity contribution in [3.8, 4) is 0 Å². The van der Waals surface area contributed by atoms with Gasteiger partial charge in [0.2, 0.25) is 0 Å². The smallest absolute Gasteiger partial charge is 0.188 e. The number of carboxylic acids is 3. The highest BCUT2D eigenvalue weighted by Gasteiger charge is 2.05. The lowest BCUT2D eigenvalue weighted by Gasteiger charge is -2.22. The first-order valence-corrected chi connectivity index (χ1v) is 11.9. The second kappa shape index (κ2) is 32.8. The topological polar surface area (TPSA) is 226 Å². The minimum absolute atomic E-state index is 0.228. The Balaban J connectivity index is -0.000000307. The highest BCUT2D eigenvalue weighted by molar-refractivity contribution is 5.74. The van der Waals surface area contributed by atoms with Gasteiger partial charge in [0.15, 0.2) is 5.96 Å². The highest BCUT2D eigenvalue weighted by Crippen LogP contribution is 2.08. The zero-order valence-corrected chi connectivity index (χ0v) is 21.4. The van der Waals surface area contributed by atoms with E-state index in [9.17, 15) is 0 Å². The lowest BCUT2D eigenvalue weighted by molar-refractivity contribution is -0.303. The molecule has 0 rings (SSSR count). The maximum atomic E-state index is 8.89. The number of hydrogen-bond donors (Lipinski definition) is 4. The second-order valence-electron chi connectivity index (χ2n) is 7.67. The van der Waals surface area contributed by atoms with Crippen LogP contribution >= 0.6 is 0 Å². The number of guanidine groups is 1. The van der Waals surface area contributed by atoms with E-state index < -0.39 is 17.9 Å². The van der Waals surface area contributed by atoms with Crippen LogP contribution in [0.2, 0.25) is 0 Å². The van der Waals surface area contributed by atoms with Gasteiger partial charge >= 0.3 is 0 Å². The van der Waals surface area contributed by atoms with Crippen molar-refractivity contribution in [2.75, 3.05) is 26.2 Å². The third-order valence-electron chi connectivity index (χ3n) is 4.10. The van der Waals surface area contributed by atoms with Gasteiger partial charge in [-0.25, -0.2) is 0 Å². The average molecular weight is 491 g/mol. The number of hydrogen-bond acceptors (Lipinski definition) is 9. The summed E-state index contributed by atoms with van der Waals surface area (Å²) < 4.78 is 0. The highest BCUT2D eigenvalue weighted by atomic mass is 16.4. The number of carbonyl (C=O) groups excluding carboxylic acids is 3. The molecule has 11 heteroatoms. The molecule has 0 aromatic heterocycles. The molecule has 0 saturated heterocycles. The van der Waals surface area contributed by atoms with Gasteiger partial charge < -0.3 is 51.8 Å². The first kappa shape index (κ1) is 38.8. The Morgan fingerprint density at radius 3 is 1.00 bits per heavy atom. The maximum absolute atomic E-state index is 8.89. The Morgan fingerprint density at radius 2 is 0.794 bits per heavy atom. The van der Waals surface area contributed by atoms with Crippen LogP contribution in [0.1, 0.15) is 97.8 Å². The van der Waals surface area contributed by atoms with E-state index in [1.54, 1.807) is 0 Å². The van der Waals surface area contributed by atoms with Crippen LogP contribution < -0.4 is 32.5 Å². The minimum atomic E-state index is -1.08. The summed E-state index contributed by atoms with van der Waals surface area (Å²) in [5.41, 5.74) is 16.6. The molecule has 0 aliphatic rings. The van der Waals surface area contributed by atoms with E-state index in [1.807, 2.05) is 4.90 Å². The van der Waals surface area contributed by atoms with Gasteiger partial charge in [0.05, 0.1) is 0 Å². The van der Waals surface area contributed by atoms with Crippen LogP contribution in [0, 0.1) is 5.41 Å². The molecular weight excluding hydrogens is 442 g/mol. The molecule has 0 amide bonds. The summed E-state index contributed by atoms with van der Waals surface area (Å²) in [6, 6.07) is 0. The van der Waals surface area contributed by atoms with Crippen molar-refractivity contribution in [3.63, 3.8) is 0 Å². The molecule has 0 unspecified atom stereocenters. The van der Waals surface area contributed by atoms with Crippen molar-refractivity contribution in [2.45, 2.75) is 97.8 Å². The van der Waals surface area contributed by atoms with Gasteiger partial charge in [-0.15, -0.1) is 0 Å². The number of unbranched alkanes of at least 4 members (excludes halogenated alkanes) is 10. The van der Waals surface area contributed by atoms with Crippen LogP contribution in [0.5, 0.6) is 0 Å². The average Bonchev–Trinajstić information content (AvgIpc) is 2.69. The van der Waals surface area contributed by atoms with Crippen molar-refractivity contribution >= 4 is 23.9 Å². The molecule has 11 nitrogen and oxygen atoms in total. The van der Waals surface area contributed by atoms with Crippen LogP contribution in [-0.4, -0.2) is 54.9 Å². The molecule has 204 valence electrons. The largest absolute Gasteiger partial charge is 0.550 e. The molecule has 0 aliphatic carbocycles. The summed E-state index contributed by atoms with van der Waals surface area (Å²) in [5.74, 6) is -3.02. The third-order valence-corrected chi connectivity index (χ3v) is 4.10. The fourth-order valence-electron chi connectivity index (χ4n) is 2.66. The van der Waals surface area contributed by atoms with E-state index in [1.165, 1.54) is 51.4 Å². The van der Waals surface area contributed by atoms with Gasteiger partial charge in [0.1, 0.15) is 0 Å². The van der Waals surface area contributed by atoms with Crippen molar-refractivity contribution < 1.29 is 29.7 Å². The number of aliphatic carboxylic acids is 3. The first-order valence-electron chi connectivity index (χ1n) is 11.9. The number of carbonyl (C=O) groups is 3. The molecule has 0 radical (unpaired) electrons. The van der Waals surface area contributed by atoms with Gasteiger partial charge in [-0.1, -0.05) is 51.4 Å². The molecule has 0 bridgehead atoms. The molecule has 0 aromatic carbocycles. The Kier molecular flexibility index (Phi) is 37.4. The number of carboxylic acid groups (broad SMARTS) is 3. The molecule has 0 spiro atoms. The quantitative estimate of drug-likeness (QED) is 0.118. The normalized spacial score (nSPS) is 9.21. The monoisotopic (exact) mass is 490 g/mol. The molecular formula is C23H48N5O6-3. The molecule has 0 fully saturated rings. The van der Waals surface area contributed by atoms with Crippen molar-refractivity contribution in [1.82, 2.24) is 4.90 Å². The zero-order chi connectivity index (χ0) is 27.2. The molecule has 0 aromatic rings. The van der Waals surface area contributed by atoms with Crippen molar-refractivity contribution in [2.24, 2.45) is 17.2 Å². The van der Waals surface area contributed by atoms with Gasteiger partial charge in [-0.3, -0.25) is 5.41 Å². The number of nitrogens with zero attached hydrogens (tertiary/aromatic N) is 1. The first-order chi connectivity index (χ1) is 15.9. The van der Waals surface area contributed by atoms with Gasteiger partial charge in [0, 0.05) is 31.0 Å². The summed E-state index contributed by atoms with van der Waals surface area (Å²) in [6.45, 7) is 6.40. The summed E-state index contributed by atoms with van der Waals surface area (Å²) in [4.78, 5) is 28.7. The molecule has 7 N–H and O–H groups in total. The predicted octanol–water partition coefficient (Wildman–Crippen LogP) is -0.951. The standard InChI is InChI=1S/C17H39N5.3C2H4O2/c18-13-9-5-1-3-7-11-15-22(17(20)21)16-12-8-4-2-6-10-14-19;3*1-2(3)4/h1-16,18-19H2,(H3,20,21);3*1H3,(H,3,4)/p-3. The molecule has 0 aliphatic heterocycles. The summed E-state index contributed by atoms with van der Waals surface area (Å²) in [6.07, 6.45) is 14.6. The Hall–Kier alpha value is -2.40. The fourth-order valence-corrected chi connectivity index (χ4v) is 2.66. The number of nitrogens with one attached hydrogen (secondary N) is 1. The predicted molar refractivity (Wildman–Crippen MR) is 129 cm³/mol. The van der Waals surface area contributed by atoms with Crippen molar-refractivity contribution in [1.29, 1.82) is 5.41 Å². The number of rotatable bonds is 16. The van der Waals surface area contributed by atoms with Gasteiger partial charge in [0.25, 0.3) is 0 Å². The van der Waals surface area contributed by atoms with Crippen LogP contribution in [0.4, 0.5) is 0 Å². The second-order valence-corrected chi connectivity index (χ2v) is 7.67. The van der Waals surface area contributed by atoms with E-state index >= 15 is 0 Å².